The van der Waals surface area contributed by atoms with Crippen molar-refractivity contribution >= 4 is 34.8 Å². The highest BCUT2D eigenvalue weighted by atomic mass is 19.4. The number of alkyl halides is 12. The summed E-state index contributed by atoms with van der Waals surface area (Å²) < 4.78 is 157. The van der Waals surface area contributed by atoms with Crippen LogP contribution < -0.4 is 16.4 Å². The summed E-state index contributed by atoms with van der Waals surface area (Å²) in [5, 5.41) is 13.9. The molecule has 0 heterocycles. The Kier molecular flexibility index (Phi) is 17.2. The van der Waals surface area contributed by atoms with Crippen LogP contribution >= 0.6 is 0 Å². The Hall–Kier alpha value is -8.87. The van der Waals surface area contributed by atoms with Crippen LogP contribution in [0.3, 0.4) is 0 Å². The zero-order valence-corrected chi connectivity index (χ0v) is 39.6. The summed E-state index contributed by atoms with van der Waals surface area (Å²) in [6.45, 7) is 3.68. The number of anilines is 3. The number of benzene rings is 8. The molecule has 0 fully saturated rings. The van der Waals surface area contributed by atoms with Crippen LogP contribution in [0.5, 0.6) is 0 Å². The van der Waals surface area contributed by atoms with Crippen LogP contribution in [0.4, 0.5) is 69.7 Å². The minimum absolute atomic E-state index is 0.0158. The highest BCUT2D eigenvalue weighted by Gasteiger charge is 2.39. The molecule has 0 saturated heterocycles. The number of hydrogen-bond acceptors (Lipinski definition) is 4. The number of nitrogens with one attached hydrogen (secondary N) is 2. The molecule has 0 radical (unpaired) electrons. The highest BCUT2D eigenvalue weighted by Crippen LogP contribution is 2.39. The summed E-state index contributed by atoms with van der Waals surface area (Å²) in [6, 6.07) is 44.3. The molecule has 8 aromatic carbocycles. The Morgan fingerprint density at radius 3 is 1.04 bits per heavy atom. The van der Waals surface area contributed by atoms with E-state index >= 15 is 0 Å². The van der Waals surface area contributed by atoms with Crippen molar-refractivity contribution in [3.63, 3.8) is 0 Å². The molecule has 0 aliphatic heterocycles. The van der Waals surface area contributed by atoms with Gasteiger partial charge >= 0.3 is 30.7 Å². The molecule has 392 valence electrons. The SMILES string of the molecule is Cc1ccc(-c2ccccc2)cc1N.Cc1ccc(-c2ccccc2)cc1NC(=O)c1cc(C(F)(F)F)cc(C(F)(F)F)c1.O=C(Nc1cc(-c2ccccc2)ccc1C(=O)O)c1cc(C(F)(F)F)cc(C(F)(F)F)c1. The van der Waals surface area contributed by atoms with E-state index in [2.05, 4.69) is 34.9 Å². The molecule has 76 heavy (non-hydrogen) atoms. The molecule has 5 N–H and O–H groups in total. The Morgan fingerprint density at radius 1 is 0.382 bits per heavy atom. The van der Waals surface area contributed by atoms with Gasteiger partial charge in [-0.2, -0.15) is 52.7 Å². The van der Waals surface area contributed by atoms with Gasteiger partial charge in [-0.1, -0.05) is 121 Å². The number of halogens is 12. The lowest BCUT2D eigenvalue weighted by atomic mass is 10.0. The number of aromatic carboxylic acids is 1. The third-order valence-corrected chi connectivity index (χ3v) is 11.3. The van der Waals surface area contributed by atoms with E-state index < -0.39 is 75.9 Å². The molecule has 0 aliphatic carbocycles. The topological polar surface area (TPSA) is 122 Å². The molecule has 0 unspecified atom stereocenters. The third kappa shape index (κ3) is 14.9. The number of amides is 2. The summed E-state index contributed by atoms with van der Waals surface area (Å²) in [4.78, 5) is 36.6. The van der Waals surface area contributed by atoms with E-state index in [4.69, 9.17) is 5.73 Å². The van der Waals surface area contributed by atoms with Gasteiger partial charge in [0.2, 0.25) is 0 Å². The van der Waals surface area contributed by atoms with Crippen LogP contribution in [-0.2, 0) is 24.7 Å². The van der Waals surface area contributed by atoms with Crippen LogP contribution in [-0.4, -0.2) is 22.9 Å². The minimum atomic E-state index is -5.13. The molecule has 0 spiro atoms. The molecule has 0 aromatic heterocycles. The van der Waals surface area contributed by atoms with Gasteiger partial charge in [0.15, 0.2) is 0 Å². The van der Waals surface area contributed by atoms with Gasteiger partial charge < -0.3 is 21.5 Å². The highest BCUT2D eigenvalue weighted by molar-refractivity contribution is 6.08. The number of carboxylic acids is 1. The van der Waals surface area contributed by atoms with Crippen molar-refractivity contribution in [1.29, 1.82) is 0 Å². The summed E-state index contributed by atoms with van der Waals surface area (Å²) in [5.41, 5.74) is 5.08. The number of nitrogen functional groups attached to an aromatic ring is 1. The fraction of sp³-hybridized carbons (Fsp3) is 0.105. The molecule has 0 aliphatic rings. The fourth-order valence-corrected chi connectivity index (χ4v) is 7.22. The van der Waals surface area contributed by atoms with Crippen LogP contribution in [0, 0.1) is 13.8 Å². The smallest absolute Gasteiger partial charge is 0.416 e. The number of nitrogens with two attached hydrogens (primary N) is 1. The van der Waals surface area contributed by atoms with Crippen molar-refractivity contribution in [1.82, 2.24) is 0 Å². The van der Waals surface area contributed by atoms with Crippen molar-refractivity contribution in [3.8, 4) is 33.4 Å². The van der Waals surface area contributed by atoms with Gasteiger partial charge in [-0.15, -0.1) is 0 Å². The monoisotopic (exact) mass is 1060 g/mol. The van der Waals surface area contributed by atoms with Crippen LogP contribution in [0.1, 0.15) is 64.5 Å². The van der Waals surface area contributed by atoms with Crippen LogP contribution in [0.25, 0.3) is 33.4 Å². The molecule has 8 aromatic rings. The summed E-state index contributed by atoms with van der Waals surface area (Å²) in [6.07, 6.45) is -20.3. The van der Waals surface area contributed by atoms with Gasteiger partial charge in [0.1, 0.15) is 0 Å². The van der Waals surface area contributed by atoms with Crippen molar-refractivity contribution in [3.05, 3.63) is 232 Å². The van der Waals surface area contributed by atoms with Crippen molar-refractivity contribution in [2.45, 2.75) is 38.6 Å². The Morgan fingerprint density at radius 2 is 0.697 bits per heavy atom. The summed E-state index contributed by atoms with van der Waals surface area (Å²) in [7, 11) is 0. The quantitative estimate of drug-likeness (QED) is 0.0892. The lowest BCUT2D eigenvalue weighted by molar-refractivity contribution is -0.144. The first-order valence-corrected chi connectivity index (χ1v) is 22.3. The maximum absolute atomic E-state index is 13.1. The summed E-state index contributed by atoms with van der Waals surface area (Å²) >= 11 is 0. The predicted molar refractivity (Wildman–Crippen MR) is 265 cm³/mol. The van der Waals surface area contributed by atoms with Crippen molar-refractivity contribution in [2.24, 2.45) is 0 Å². The first-order valence-electron chi connectivity index (χ1n) is 22.3. The molecule has 7 nitrogen and oxygen atoms in total. The average molecular weight is 1060 g/mol. The second kappa shape index (κ2) is 23.1. The molecular weight excluding hydrogens is 1020 g/mol. The maximum Gasteiger partial charge on any atom is 0.416 e. The number of carbonyl (C=O) groups excluding carboxylic acids is 2. The molecule has 2 amide bonds. The van der Waals surface area contributed by atoms with Gasteiger partial charge in [-0.3, -0.25) is 9.59 Å². The minimum Gasteiger partial charge on any atom is -0.478 e. The normalized spacial score (nSPS) is 11.6. The van der Waals surface area contributed by atoms with Gasteiger partial charge in [0, 0.05) is 22.5 Å². The third-order valence-electron chi connectivity index (χ3n) is 11.3. The maximum atomic E-state index is 13.1. The molecule has 0 atom stereocenters. The fourth-order valence-electron chi connectivity index (χ4n) is 7.22. The molecule has 19 heteroatoms. The number of carboxylic acid groups (broad SMARTS) is 1. The summed E-state index contributed by atoms with van der Waals surface area (Å²) in [5.74, 6) is -3.84. The lowest BCUT2D eigenvalue weighted by Gasteiger charge is -2.15. The predicted octanol–water partition coefficient (Wildman–Crippen LogP) is 16.5. The Balaban J connectivity index is 0.000000198. The van der Waals surface area contributed by atoms with E-state index in [1.807, 2.05) is 61.5 Å². The largest absolute Gasteiger partial charge is 0.478 e. The lowest BCUT2D eigenvalue weighted by Crippen LogP contribution is -2.18. The van der Waals surface area contributed by atoms with E-state index in [0.29, 0.717) is 28.8 Å². The van der Waals surface area contributed by atoms with E-state index in [0.717, 1.165) is 22.4 Å². The second-order valence-corrected chi connectivity index (χ2v) is 16.8. The second-order valence-electron chi connectivity index (χ2n) is 16.8. The Bertz CT molecular complexity index is 3290. The van der Waals surface area contributed by atoms with E-state index in [9.17, 15) is 72.2 Å². The number of carbonyl (C=O) groups is 3. The zero-order valence-electron chi connectivity index (χ0n) is 39.6. The van der Waals surface area contributed by atoms with Crippen LogP contribution in [0.15, 0.2) is 182 Å². The Labute approximate surface area is 426 Å². The van der Waals surface area contributed by atoms with Gasteiger partial charge in [-0.25, -0.2) is 4.79 Å². The van der Waals surface area contributed by atoms with Gasteiger partial charge in [-0.05, 0) is 119 Å². The average Bonchev–Trinajstić information content (AvgIpc) is 3.37. The first kappa shape index (κ1) is 56.4. The molecule has 0 bridgehead atoms. The van der Waals surface area contributed by atoms with E-state index in [1.54, 1.807) is 55.5 Å². The zero-order chi connectivity index (χ0) is 55.8. The first-order chi connectivity index (χ1) is 35.6. The van der Waals surface area contributed by atoms with Gasteiger partial charge in [0.25, 0.3) is 11.8 Å². The van der Waals surface area contributed by atoms with Crippen LogP contribution in [0.2, 0.25) is 0 Å². The molecule has 8 rings (SSSR count). The number of rotatable bonds is 8. The van der Waals surface area contributed by atoms with Gasteiger partial charge in [0.05, 0.1) is 33.5 Å². The number of hydrogen-bond donors (Lipinski definition) is 4. The van der Waals surface area contributed by atoms with E-state index in [1.165, 1.54) is 29.3 Å². The van der Waals surface area contributed by atoms with Crippen molar-refractivity contribution < 1.29 is 72.2 Å². The molecule has 0 saturated carbocycles. The van der Waals surface area contributed by atoms with Crippen molar-refractivity contribution in [2.75, 3.05) is 16.4 Å². The number of aryl methyl sites for hydroxylation is 2. The molecular formula is C57H41F12N3O4. The van der Waals surface area contributed by atoms with E-state index in [-0.39, 0.29) is 41.2 Å². The standard InChI is InChI=1S/C22H13F6NO3.C22H15F6NO.C13H13N/c23-21(24,25)15-8-14(9-16(11-15)22(26,27)28)19(30)29-18-10-13(6-7-17(18)20(31)32)12-4-2-1-3-5-12;1-13-7-8-15(14-5-3-2-4-6-14)11-19(13)29-20(30)16-9-17(21(23,24)25)12-18(10-16)22(26,27)28;1-10-7-8-12(9-13(10)14)11-5-3-2-4-6-11/h1-11H,(H,29,30)(H,31,32);2-12H,1H3,(H,29,30);2-9H,14H2,1H3.